The van der Waals surface area contributed by atoms with E-state index in [0.717, 1.165) is 0 Å². The van der Waals surface area contributed by atoms with Gasteiger partial charge in [0.15, 0.2) is 6.10 Å². The van der Waals surface area contributed by atoms with Gasteiger partial charge in [0, 0.05) is 17.8 Å². The molecule has 2 aromatic rings. The fourth-order valence-corrected chi connectivity index (χ4v) is 2.23. The summed E-state index contributed by atoms with van der Waals surface area (Å²) in [5, 5.41) is 11.4. The maximum atomic E-state index is 12.1. The molecule has 2 rings (SSSR count). The van der Waals surface area contributed by atoms with Gasteiger partial charge in [0.25, 0.3) is 5.91 Å². The van der Waals surface area contributed by atoms with Gasteiger partial charge in [0.1, 0.15) is 11.5 Å². The molecular formula is C21H20N2O5. The number of hydrogen-bond donors (Lipinski definition) is 1. The van der Waals surface area contributed by atoms with Crippen LogP contribution in [0.1, 0.15) is 18.1 Å². The van der Waals surface area contributed by atoms with Gasteiger partial charge in [-0.2, -0.15) is 5.26 Å². The normalized spacial score (nSPS) is 11.4. The van der Waals surface area contributed by atoms with Gasteiger partial charge in [0.05, 0.1) is 25.9 Å². The number of anilines is 1. The summed E-state index contributed by atoms with van der Waals surface area (Å²) in [6, 6.07) is 13.5. The molecule has 1 N–H and O–H groups in total. The molecule has 0 saturated heterocycles. The third kappa shape index (κ3) is 5.88. The lowest BCUT2D eigenvalue weighted by atomic mass is 10.2. The van der Waals surface area contributed by atoms with Crippen LogP contribution in [0.3, 0.4) is 0 Å². The summed E-state index contributed by atoms with van der Waals surface area (Å²) in [4.78, 5) is 24.1. The summed E-state index contributed by atoms with van der Waals surface area (Å²) in [6.07, 6.45) is 1.77. The Morgan fingerprint density at radius 1 is 1.07 bits per heavy atom. The van der Waals surface area contributed by atoms with E-state index < -0.39 is 18.0 Å². The summed E-state index contributed by atoms with van der Waals surface area (Å²) < 4.78 is 15.5. The van der Waals surface area contributed by atoms with Crippen molar-refractivity contribution in [3.05, 3.63) is 59.7 Å². The predicted octanol–water partition coefficient (Wildman–Crippen LogP) is 3.16. The van der Waals surface area contributed by atoms with Crippen LogP contribution in [0, 0.1) is 11.3 Å². The number of esters is 1. The van der Waals surface area contributed by atoms with Crippen molar-refractivity contribution >= 4 is 23.6 Å². The molecule has 0 radical (unpaired) electrons. The highest BCUT2D eigenvalue weighted by Gasteiger charge is 2.16. The van der Waals surface area contributed by atoms with Crippen molar-refractivity contribution in [2.75, 3.05) is 19.5 Å². The molecule has 2 aromatic carbocycles. The van der Waals surface area contributed by atoms with Crippen LogP contribution < -0.4 is 14.8 Å². The number of methoxy groups -OCH3 is 2. The van der Waals surface area contributed by atoms with Crippen LogP contribution >= 0.6 is 0 Å². The highest BCUT2D eigenvalue weighted by molar-refractivity contribution is 5.96. The van der Waals surface area contributed by atoms with Crippen molar-refractivity contribution in [2.45, 2.75) is 13.0 Å². The predicted molar refractivity (Wildman–Crippen MR) is 104 cm³/mol. The molecule has 0 bridgehead atoms. The average Bonchev–Trinajstić information content (AvgIpc) is 2.72. The summed E-state index contributed by atoms with van der Waals surface area (Å²) in [5.41, 5.74) is 1.67. The quantitative estimate of drug-likeness (QED) is 0.585. The van der Waals surface area contributed by atoms with Gasteiger partial charge in [-0.05, 0) is 55.0 Å². The van der Waals surface area contributed by atoms with Crippen LogP contribution in [0.4, 0.5) is 5.69 Å². The van der Waals surface area contributed by atoms with E-state index in [2.05, 4.69) is 5.32 Å². The molecule has 0 fully saturated rings. The molecule has 144 valence electrons. The molecule has 28 heavy (non-hydrogen) atoms. The van der Waals surface area contributed by atoms with Crippen molar-refractivity contribution in [3.63, 3.8) is 0 Å². The average molecular weight is 380 g/mol. The molecule has 0 saturated carbocycles. The molecule has 0 unspecified atom stereocenters. The second-order valence-corrected chi connectivity index (χ2v) is 5.74. The molecule has 7 nitrogen and oxygen atoms in total. The number of amides is 1. The van der Waals surface area contributed by atoms with Crippen LogP contribution in [0.15, 0.2) is 48.5 Å². The van der Waals surface area contributed by atoms with E-state index in [1.165, 1.54) is 27.2 Å². The van der Waals surface area contributed by atoms with Gasteiger partial charge in [-0.15, -0.1) is 0 Å². The molecule has 0 heterocycles. The summed E-state index contributed by atoms with van der Waals surface area (Å²) in [7, 11) is 3.06. The fourth-order valence-electron chi connectivity index (χ4n) is 2.23. The Morgan fingerprint density at radius 2 is 1.68 bits per heavy atom. The molecule has 0 aromatic heterocycles. The minimum Gasteiger partial charge on any atom is -0.497 e. The topological polar surface area (TPSA) is 97.6 Å². The standard InChI is InChI=1S/C21H20N2O5/c1-14(21(25)23-17-7-4-15(13-22)5-8-17)28-20(24)9-6-16-10-18(26-2)12-19(11-16)27-3/h4-12,14H,1-3H3,(H,23,25)/b9-6+/t14-/m1/s1. The smallest absolute Gasteiger partial charge is 0.331 e. The van der Waals surface area contributed by atoms with Crippen molar-refractivity contribution in [2.24, 2.45) is 0 Å². The van der Waals surface area contributed by atoms with E-state index >= 15 is 0 Å². The first-order chi connectivity index (χ1) is 13.4. The van der Waals surface area contributed by atoms with Crippen LogP contribution in [0.5, 0.6) is 11.5 Å². The number of ether oxygens (including phenoxy) is 3. The second kappa shape index (κ2) is 9.78. The van der Waals surface area contributed by atoms with Gasteiger partial charge in [-0.1, -0.05) is 0 Å². The van der Waals surface area contributed by atoms with E-state index in [-0.39, 0.29) is 0 Å². The van der Waals surface area contributed by atoms with Crippen LogP contribution in [-0.4, -0.2) is 32.2 Å². The molecule has 0 aliphatic carbocycles. The fraction of sp³-hybridized carbons (Fsp3) is 0.190. The first kappa shape index (κ1) is 20.5. The van der Waals surface area contributed by atoms with Crippen LogP contribution in [0.25, 0.3) is 6.08 Å². The van der Waals surface area contributed by atoms with Crippen molar-refractivity contribution in [1.29, 1.82) is 5.26 Å². The van der Waals surface area contributed by atoms with Crippen molar-refractivity contribution in [1.82, 2.24) is 0 Å². The highest BCUT2D eigenvalue weighted by Crippen LogP contribution is 2.23. The summed E-state index contributed by atoms with van der Waals surface area (Å²) in [6.45, 7) is 1.47. The van der Waals surface area contributed by atoms with Crippen molar-refractivity contribution < 1.29 is 23.8 Å². The van der Waals surface area contributed by atoms with E-state index in [1.807, 2.05) is 6.07 Å². The zero-order valence-corrected chi connectivity index (χ0v) is 15.8. The Balaban J connectivity index is 1.95. The number of benzene rings is 2. The molecule has 1 amide bonds. The van der Waals surface area contributed by atoms with Crippen LogP contribution in [-0.2, 0) is 14.3 Å². The lowest BCUT2D eigenvalue weighted by molar-refractivity contribution is -0.148. The number of hydrogen-bond acceptors (Lipinski definition) is 6. The molecule has 1 atom stereocenters. The maximum absolute atomic E-state index is 12.1. The second-order valence-electron chi connectivity index (χ2n) is 5.74. The number of nitriles is 1. The lowest BCUT2D eigenvalue weighted by Crippen LogP contribution is -2.29. The van der Waals surface area contributed by atoms with Gasteiger partial charge in [0.2, 0.25) is 0 Å². The first-order valence-electron chi connectivity index (χ1n) is 8.38. The number of nitrogens with zero attached hydrogens (tertiary/aromatic N) is 1. The van der Waals surface area contributed by atoms with Gasteiger partial charge in [-0.25, -0.2) is 4.79 Å². The monoisotopic (exact) mass is 380 g/mol. The Bertz CT molecular complexity index is 891. The summed E-state index contributed by atoms with van der Waals surface area (Å²) in [5.74, 6) is 0.0313. The molecular weight excluding hydrogens is 360 g/mol. The zero-order chi connectivity index (χ0) is 20.5. The first-order valence-corrected chi connectivity index (χ1v) is 8.38. The Hall–Kier alpha value is -3.79. The largest absolute Gasteiger partial charge is 0.497 e. The number of rotatable bonds is 7. The molecule has 0 aliphatic rings. The van der Waals surface area contributed by atoms with Gasteiger partial charge < -0.3 is 19.5 Å². The SMILES string of the molecule is COc1cc(/C=C/C(=O)O[C@H](C)C(=O)Nc2ccc(C#N)cc2)cc(OC)c1. The van der Waals surface area contributed by atoms with E-state index in [1.54, 1.807) is 48.5 Å². The minimum atomic E-state index is -0.993. The Morgan fingerprint density at radius 3 is 2.21 bits per heavy atom. The minimum absolute atomic E-state index is 0.477. The maximum Gasteiger partial charge on any atom is 0.331 e. The van der Waals surface area contributed by atoms with E-state index in [4.69, 9.17) is 19.5 Å². The van der Waals surface area contributed by atoms with Gasteiger partial charge in [-0.3, -0.25) is 4.79 Å². The zero-order valence-electron chi connectivity index (χ0n) is 15.8. The molecule has 0 spiro atoms. The number of nitrogens with one attached hydrogen (secondary N) is 1. The third-order valence-corrected chi connectivity index (χ3v) is 3.73. The van der Waals surface area contributed by atoms with Crippen molar-refractivity contribution in [3.8, 4) is 17.6 Å². The van der Waals surface area contributed by atoms with Crippen LogP contribution in [0.2, 0.25) is 0 Å². The highest BCUT2D eigenvalue weighted by atomic mass is 16.5. The summed E-state index contributed by atoms with van der Waals surface area (Å²) >= 11 is 0. The lowest BCUT2D eigenvalue weighted by Gasteiger charge is -2.12. The van der Waals surface area contributed by atoms with E-state index in [0.29, 0.717) is 28.3 Å². The number of carbonyl (C=O) groups is 2. The van der Waals surface area contributed by atoms with E-state index in [9.17, 15) is 9.59 Å². The number of carbonyl (C=O) groups excluding carboxylic acids is 2. The molecule has 0 aliphatic heterocycles. The van der Waals surface area contributed by atoms with Gasteiger partial charge >= 0.3 is 5.97 Å². The molecule has 7 heteroatoms. The third-order valence-electron chi connectivity index (χ3n) is 3.73. The Labute approximate surface area is 163 Å². The Kier molecular flexibility index (Phi) is 7.17.